The molecule has 0 aliphatic carbocycles. The number of rotatable bonds is 9. The summed E-state index contributed by atoms with van der Waals surface area (Å²) in [4.78, 5) is 10.9. The number of hydrogen-bond donors (Lipinski definition) is 2. The summed E-state index contributed by atoms with van der Waals surface area (Å²) in [6, 6.07) is 0. The monoisotopic (exact) mass is 218 g/mol. The summed E-state index contributed by atoms with van der Waals surface area (Å²) >= 11 is 0. The first kappa shape index (κ1) is 14.3. The van der Waals surface area contributed by atoms with Crippen molar-refractivity contribution >= 4 is 5.91 Å². The highest BCUT2D eigenvalue weighted by Crippen LogP contribution is 1.90. The quantitative estimate of drug-likeness (QED) is 0.525. The van der Waals surface area contributed by atoms with Crippen LogP contribution in [0.3, 0.4) is 0 Å². The molecule has 1 unspecified atom stereocenters. The summed E-state index contributed by atoms with van der Waals surface area (Å²) in [5.74, 6) is 0.0805. The molecule has 0 saturated carbocycles. The molecule has 0 aliphatic rings. The standard InChI is InChI=1S/C10H22N2O3/c1-11-10(13)5-4-6-12-7-9(15-3)8-14-2/h9,12H,4-8H2,1-3H3,(H,11,13). The summed E-state index contributed by atoms with van der Waals surface area (Å²) in [5, 5.41) is 5.80. The van der Waals surface area contributed by atoms with Crippen LogP contribution >= 0.6 is 0 Å². The first-order valence-corrected chi connectivity index (χ1v) is 5.17. The van der Waals surface area contributed by atoms with Crippen molar-refractivity contribution in [1.29, 1.82) is 0 Å². The van der Waals surface area contributed by atoms with Crippen molar-refractivity contribution in [1.82, 2.24) is 10.6 Å². The zero-order chi connectivity index (χ0) is 11.5. The van der Waals surface area contributed by atoms with Gasteiger partial charge in [-0.05, 0) is 13.0 Å². The van der Waals surface area contributed by atoms with Gasteiger partial charge in [0.1, 0.15) is 0 Å². The zero-order valence-electron chi connectivity index (χ0n) is 9.84. The highest BCUT2D eigenvalue weighted by molar-refractivity contribution is 5.75. The molecule has 0 heterocycles. The van der Waals surface area contributed by atoms with Gasteiger partial charge in [-0.3, -0.25) is 4.79 Å². The second-order valence-electron chi connectivity index (χ2n) is 3.29. The summed E-state index contributed by atoms with van der Waals surface area (Å²) in [7, 11) is 4.96. The van der Waals surface area contributed by atoms with Crippen LogP contribution in [-0.2, 0) is 14.3 Å². The molecule has 0 aromatic rings. The molecule has 1 atom stereocenters. The molecular formula is C10H22N2O3. The van der Waals surface area contributed by atoms with E-state index >= 15 is 0 Å². The normalized spacial score (nSPS) is 12.5. The van der Waals surface area contributed by atoms with Crippen LogP contribution in [0.2, 0.25) is 0 Å². The van der Waals surface area contributed by atoms with E-state index < -0.39 is 0 Å². The lowest BCUT2D eigenvalue weighted by atomic mass is 10.3. The highest BCUT2D eigenvalue weighted by Gasteiger charge is 2.05. The molecule has 0 rings (SSSR count). The van der Waals surface area contributed by atoms with Crippen molar-refractivity contribution in [2.75, 3.05) is 41.0 Å². The van der Waals surface area contributed by atoms with Gasteiger partial charge in [-0.25, -0.2) is 0 Å². The smallest absolute Gasteiger partial charge is 0.219 e. The topological polar surface area (TPSA) is 59.6 Å². The molecule has 0 fully saturated rings. The van der Waals surface area contributed by atoms with Gasteiger partial charge in [0.05, 0.1) is 12.7 Å². The predicted octanol–water partition coefficient (Wildman–Crippen LogP) is -0.236. The van der Waals surface area contributed by atoms with Crippen LogP contribution < -0.4 is 10.6 Å². The Labute approximate surface area is 91.5 Å². The third-order valence-corrected chi connectivity index (χ3v) is 2.09. The molecule has 5 nitrogen and oxygen atoms in total. The van der Waals surface area contributed by atoms with Crippen LogP contribution in [0, 0.1) is 0 Å². The van der Waals surface area contributed by atoms with E-state index in [2.05, 4.69) is 10.6 Å². The van der Waals surface area contributed by atoms with Crippen LogP contribution in [0.1, 0.15) is 12.8 Å². The van der Waals surface area contributed by atoms with E-state index in [4.69, 9.17) is 9.47 Å². The Balaban J connectivity index is 3.32. The maximum absolute atomic E-state index is 10.9. The van der Waals surface area contributed by atoms with Crippen LogP contribution in [-0.4, -0.2) is 53.0 Å². The number of hydrogen-bond acceptors (Lipinski definition) is 4. The lowest BCUT2D eigenvalue weighted by Gasteiger charge is -2.14. The molecule has 0 bridgehead atoms. The lowest BCUT2D eigenvalue weighted by molar-refractivity contribution is -0.120. The largest absolute Gasteiger partial charge is 0.382 e. The van der Waals surface area contributed by atoms with E-state index in [0.29, 0.717) is 13.0 Å². The van der Waals surface area contributed by atoms with Crippen LogP contribution in [0.4, 0.5) is 0 Å². The van der Waals surface area contributed by atoms with Gasteiger partial charge in [0.15, 0.2) is 0 Å². The molecule has 0 spiro atoms. The molecule has 2 N–H and O–H groups in total. The molecule has 90 valence electrons. The molecule has 0 radical (unpaired) electrons. The van der Waals surface area contributed by atoms with Gasteiger partial charge in [0.25, 0.3) is 0 Å². The maximum atomic E-state index is 10.9. The zero-order valence-corrected chi connectivity index (χ0v) is 9.84. The van der Waals surface area contributed by atoms with E-state index in [0.717, 1.165) is 19.5 Å². The van der Waals surface area contributed by atoms with Crippen molar-refractivity contribution in [3.63, 3.8) is 0 Å². The molecule has 0 aliphatic heterocycles. The van der Waals surface area contributed by atoms with Crippen LogP contribution in [0.25, 0.3) is 0 Å². The summed E-state index contributed by atoms with van der Waals surface area (Å²) < 4.78 is 10.2. The molecular weight excluding hydrogens is 196 g/mol. The summed E-state index contributed by atoms with van der Waals surface area (Å²) in [6.45, 7) is 2.15. The van der Waals surface area contributed by atoms with Crippen LogP contribution in [0.5, 0.6) is 0 Å². The SMILES string of the molecule is CNC(=O)CCCNCC(COC)OC. The van der Waals surface area contributed by atoms with Gasteiger partial charge in [-0.1, -0.05) is 0 Å². The Morgan fingerprint density at radius 1 is 1.40 bits per heavy atom. The molecule has 0 aromatic heterocycles. The fourth-order valence-corrected chi connectivity index (χ4v) is 1.16. The fourth-order valence-electron chi connectivity index (χ4n) is 1.16. The Morgan fingerprint density at radius 2 is 2.13 bits per heavy atom. The molecule has 15 heavy (non-hydrogen) atoms. The number of nitrogens with one attached hydrogen (secondary N) is 2. The van der Waals surface area contributed by atoms with Gasteiger partial charge in [-0.15, -0.1) is 0 Å². The van der Waals surface area contributed by atoms with E-state index in [-0.39, 0.29) is 12.0 Å². The minimum Gasteiger partial charge on any atom is -0.382 e. The number of carbonyl (C=O) groups is 1. The van der Waals surface area contributed by atoms with Crippen LogP contribution in [0.15, 0.2) is 0 Å². The third-order valence-electron chi connectivity index (χ3n) is 2.09. The van der Waals surface area contributed by atoms with Gasteiger partial charge in [-0.2, -0.15) is 0 Å². The Morgan fingerprint density at radius 3 is 2.67 bits per heavy atom. The second-order valence-corrected chi connectivity index (χ2v) is 3.29. The average Bonchev–Trinajstić information content (AvgIpc) is 2.26. The maximum Gasteiger partial charge on any atom is 0.219 e. The predicted molar refractivity (Wildman–Crippen MR) is 58.8 cm³/mol. The van der Waals surface area contributed by atoms with E-state index in [1.807, 2.05) is 0 Å². The van der Waals surface area contributed by atoms with Crippen molar-refractivity contribution in [3.8, 4) is 0 Å². The summed E-state index contributed by atoms with van der Waals surface area (Å²) in [5.41, 5.74) is 0. The Hall–Kier alpha value is -0.650. The van der Waals surface area contributed by atoms with Crippen molar-refractivity contribution < 1.29 is 14.3 Å². The second kappa shape index (κ2) is 9.89. The van der Waals surface area contributed by atoms with E-state index in [1.54, 1.807) is 21.3 Å². The lowest BCUT2D eigenvalue weighted by Crippen LogP contribution is -2.32. The number of amides is 1. The minimum absolute atomic E-state index is 0.0787. The van der Waals surface area contributed by atoms with E-state index in [1.165, 1.54) is 0 Å². The molecule has 5 heteroatoms. The number of methoxy groups -OCH3 is 2. The average molecular weight is 218 g/mol. The molecule has 0 saturated heterocycles. The first-order valence-electron chi connectivity index (χ1n) is 5.17. The van der Waals surface area contributed by atoms with Gasteiger partial charge < -0.3 is 20.1 Å². The Bertz CT molecular complexity index is 165. The van der Waals surface area contributed by atoms with Crippen molar-refractivity contribution in [2.45, 2.75) is 18.9 Å². The third kappa shape index (κ3) is 8.35. The molecule has 1 amide bonds. The molecule has 0 aromatic carbocycles. The number of ether oxygens (including phenoxy) is 2. The minimum atomic E-state index is 0.0787. The highest BCUT2D eigenvalue weighted by atomic mass is 16.5. The Kier molecular flexibility index (Phi) is 9.46. The van der Waals surface area contributed by atoms with Crippen molar-refractivity contribution in [2.24, 2.45) is 0 Å². The van der Waals surface area contributed by atoms with E-state index in [9.17, 15) is 4.79 Å². The van der Waals surface area contributed by atoms with Crippen molar-refractivity contribution in [3.05, 3.63) is 0 Å². The van der Waals surface area contributed by atoms with Gasteiger partial charge >= 0.3 is 0 Å². The first-order chi connectivity index (χ1) is 7.24. The number of carbonyl (C=O) groups excluding carboxylic acids is 1. The fraction of sp³-hybridized carbons (Fsp3) is 0.900. The van der Waals surface area contributed by atoms with Gasteiger partial charge in [0, 0.05) is 34.2 Å². The summed E-state index contributed by atoms with van der Waals surface area (Å²) in [6.07, 6.45) is 1.48. The van der Waals surface area contributed by atoms with Gasteiger partial charge in [0.2, 0.25) is 5.91 Å².